The van der Waals surface area contributed by atoms with Crippen molar-refractivity contribution >= 4 is 46.6 Å². The molecule has 0 radical (unpaired) electrons. The molecule has 0 spiro atoms. The second kappa shape index (κ2) is 10.6. The average molecular weight is 485 g/mol. The summed E-state index contributed by atoms with van der Waals surface area (Å²) in [6, 6.07) is 11.2. The smallest absolute Gasteiger partial charge is 0.387 e. The number of nitrogens with zero attached hydrogens (tertiary/aromatic N) is 3. The van der Waals surface area contributed by atoms with Gasteiger partial charge in [-0.1, -0.05) is 41.0 Å². The van der Waals surface area contributed by atoms with E-state index in [9.17, 15) is 13.6 Å². The highest BCUT2D eigenvalue weighted by atomic mass is 35.5. The van der Waals surface area contributed by atoms with Gasteiger partial charge >= 0.3 is 6.61 Å². The fourth-order valence-corrected chi connectivity index (χ4v) is 3.70. The van der Waals surface area contributed by atoms with E-state index in [1.807, 2.05) is 16.7 Å². The molecule has 0 aliphatic heterocycles. The summed E-state index contributed by atoms with van der Waals surface area (Å²) in [6.45, 7) is 1.22. The molecular formula is C20H16Cl2F2N4O2S. The van der Waals surface area contributed by atoms with E-state index in [0.717, 1.165) is 5.56 Å². The second-order valence-electron chi connectivity index (χ2n) is 6.07. The number of allylic oxidation sites excluding steroid dienone is 1. The van der Waals surface area contributed by atoms with Gasteiger partial charge in [-0.15, -0.1) is 16.8 Å². The van der Waals surface area contributed by atoms with Crippen LogP contribution in [0.4, 0.5) is 14.5 Å². The molecule has 3 rings (SSSR count). The normalized spacial score (nSPS) is 10.9. The highest BCUT2D eigenvalue weighted by Crippen LogP contribution is 2.29. The number of amides is 1. The summed E-state index contributed by atoms with van der Waals surface area (Å²) in [5.74, 6) is 0.171. The molecule has 2 aromatic carbocycles. The van der Waals surface area contributed by atoms with Gasteiger partial charge in [0.2, 0.25) is 5.91 Å². The number of anilines is 1. The zero-order chi connectivity index (χ0) is 22.4. The predicted octanol–water partition coefficient (Wildman–Crippen LogP) is 5.77. The highest BCUT2D eigenvalue weighted by Gasteiger charge is 2.16. The first-order valence-corrected chi connectivity index (χ1v) is 10.6. The lowest BCUT2D eigenvalue weighted by atomic mass is 10.2. The molecule has 1 aromatic heterocycles. The Morgan fingerprint density at radius 1 is 1.23 bits per heavy atom. The Balaban J connectivity index is 1.67. The van der Waals surface area contributed by atoms with Crippen LogP contribution in [-0.2, 0) is 11.3 Å². The standard InChI is InChI=1S/C20H16Cl2F2N4O2S/c1-2-9-28-18(12-3-5-13(21)6-4-12)26-27-20(28)31-11-17(29)25-14-7-8-16(15(22)10-14)30-19(23)24/h2-8,10,19H,1,9,11H2,(H,25,29). The molecule has 11 heteroatoms. The first-order valence-electron chi connectivity index (χ1n) is 8.84. The molecule has 0 saturated heterocycles. The monoisotopic (exact) mass is 484 g/mol. The number of alkyl halides is 2. The minimum absolute atomic E-state index is 0.0379. The van der Waals surface area contributed by atoms with E-state index in [0.29, 0.717) is 28.2 Å². The van der Waals surface area contributed by atoms with E-state index >= 15 is 0 Å². The van der Waals surface area contributed by atoms with Gasteiger partial charge in [-0.25, -0.2) is 0 Å². The zero-order valence-electron chi connectivity index (χ0n) is 15.9. The lowest BCUT2D eigenvalue weighted by Gasteiger charge is -2.10. The van der Waals surface area contributed by atoms with Gasteiger partial charge in [0.1, 0.15) is 5.75 Å². The van der Waals surface area contributed by atoms with Crippen molar-refractivity contribution in [3.8, 4) is 17.1 Å². The van der Waals surface area contributed by atoms with Gasteiger partial charge in [0.25, 0.3) is 0 Å². The molecule has 0 aliphatic rings. The minimum atomic E-state index is -2.99. The van der Waals surface area contributed by atoms with E-state index in [2.05, 4.69) is 26.8 Å². The number of hydrogen-bond donors (Lipinski definition) is 1. The number of halogens is 4. The molecule has 6 nitrogen and oxygen atoms in total. The van der Waals surface area contributed by atoms with Gasteiger partial charge < -0.3 is 10.1 Å². The fraction of sp³-hybridized carbons (Fsp3) is 0.150. The lowest BCUT2D eigenvalue weighted by Crippen LogP contribution is -2.15. The van der Waals surface area contributed by atoms with Gasteiger partial charge in [0.05, 0.1) is 10.8 Å². The number of carbonyl (C=O) groups excluding carboxylic acids is 1. The largest absolute Gasteiger partial charge is 0.433 e. The van der Waals surface area contributed by atoms with E-state index < -0.39 is 6.61 Å². The maximum absolute atomic E-state index is 12.3. The first kappa shape index (κ1) is 23.1. The van der Waals surface area contributed by atoms with Crippen LogP contribution in [0.5, 0.6) is 5.75 Å². The highest BCUT2D eigenvalue weighted by molar-refractivity contribution is 7.99. The molecule has 0 atom stereocenters. The van der Waals surface area contributed by atoms with Crippen LogP contribution in [0.15, 0.2) is 60.3 Å². The van der Waals surface area contributed by atoms with Gasteiger partial charge in [-0.3, -0.25) is 9.36 Å². The van der Waals surface area contributed by atoms with E-state index in [4.69, 9.17) is 23.2 Å². The van der Waals surface area contributed by atoms with E-state index in [1.165, 1.54) is 30.0 Å². The number of nitrogens with one attached hydrogen (secondary N) is 1. The van der Waals surface area contributed by atoms with Gasteiger partial charge in [-0.05, 0) is 42.5 Å². The van der Waals surface area contributed by atoms with Gasteiger partial charge in [-0.2, -0.15) is 8.78 Å². The molecule has 31 heavy (non-hydrogen) atoms. The summed E-state index contributed by atoms with van der Waals surface area (Å²) >= 11 is 13.0. The third kappa shape index (κ3) is 6.19. The van der Waals surface area contributed by atoms with Crippen LogP contribution in [0.25, 0.3) is 11.4 Å². The van der Waals surface area contributed by atoms with Crippen LogP contribution in [0.1, 0.15) is 0 Å². The number of ether oxygens (including phenoxy) is 1. The Morgan fingerprint density at radius 2 is 1.97 bits per heavy atom. The molecule has 3 aromatic rings. The molecule has 162 valence electrons. The summed E-state index contributed by atoms with van der Waals surface area (Å²) < 4.78 is 30.7. The van der Waals surface area contributed by atoms with Crippen LogP contribution in [0.2, 0.25) is 10.0 Å². The topological polar surface area (TPSA) is 69.0 Å². The van der Waals surface area contributed by atoms with Gasteiger partial charge in [0.15, 0.2) is 11.0 Å². The van der Waals surface area contributed by atoms with Crippen LogP contribution in [0, 0.1) is 0 Å². The number of benzene rings is 2. The molecule has 0 aliphatic carbocycles. The van der Waals surface area contributed by atoms with Crippen molar-refractivity contribution in [1.29, 1.82) is 0 Å². The van der Waals surface area contributed by atoms with Crippen molar-refractivity contribution in [3.05, 3.63) is 65.2 Å². The van der Waals surface area contributed by atoms with Crippen molar-refractivity contribution in [1.82, 2.24) is 14.8 Å². The molecule has 1 N–H and O–H groups in total. The zero-order valence-corrected chi connectivity index (χ0v) is 18.2. The third-order valence-corrected chi connectivity index (χ3v) is 5.41. The van der Waals surface area contributed by atoms with Crippen molar-refractivity contribution < 1.29 is 18.3 Å². The third-order valence-electron chi connectivity index (χ3n) is 3.89. The van der Waals surface area contributed by atoms with Crippen LogP contribution < -0.4 is 10.1 Å². The van der Waals surface area contributed by atoms with Crippen molar-refractivity contribution in [3.63, 3.8) is 0 Å². The summed E-state index contributed by atoms with van der Waals surface area (Å²) in [4.78, 5) is 12.3. The van der Waals surface area contributed by atoms with E-state index in [-0.39, 0.29) is 22.4 Å². The molecule has 1 amide bonds. The summed E-state index contributed by atoms with van der Waals surface area (Å²) in [7, 11) is 0. The summed E-state index contributed by atoms with van der Waals surface area (Å²) in [5, 5.41) is 12.2. The molecule has 0 unspecified atom stereocenters. The van der Waals surface area contributed by atoms with Crippen LogP contribution in [0.3, 0.4) is 0 Å². The number of thioether (sulfide) groups is 1. The van der Waals surface area contributed by atoms with Crippen molar-refractivity contribution in [2.45, 2.75) is 18.3 Å². The Hall–Kier alpha value is -2.62. The number of aromatic nitrogens is 3. The van der Waals surface area contributed by atoms with Crippen LogP contribution >= 0.6 is 35.0 Å². The first-order chi connectivity index (χ1) is 14.9. The van der Waals surface area contributed by atoms with Crippen molar-refractivity contribution in [2.75, 3.05) is 11.1 Å². The maximum atomic E-state index is 12.3. The molecule has 1 heterocycles. The Morgan fingerprint density at radius 3 is 2.61 bits per heavy atom. The number of hydrogen-bond acceptors (Lipinski definition) is 5. The van der Waals surface area contributed by atoms with Crippen molar-refractivity contribution in [2.24, 2.45) is 0 Å². The lowest BCUT2D eigenvalue weighted by molar-refractivity contribution is -0.113. The summed E-state index contributed by atoms with van der Waals surface area (Å²) in [5.41, 5.74) is 1.18. The van der Waals surface area contributed by atoms with E-state index in [1.54, 1.807) is 18.2 Å². The number of rotatable bonds is 9. The predicted molar refractivity (Wildman–Crippen MR) is 118 cm³/mol. The average Bonchev–Trinajstić information content (AvgIpc) is 3.12. The Labute approximate surface area is 191 Å². The number of carbonyl (C=O) groups is 1. The SMILES string of the molecule is C=CCn1c(SCC(=O)Nc2ccc(OC(F)F)c(Cl)c2)nnc1-c1ccc(Cl)cc1. The second-order valence-corrected chi connectivity index (χ2v) is 7.86. The molecular weight excluding hydrogens is 469 g/mol. The minimum Gasteiger partial charge on any atom is -0.433 e. The Kier molecular flexibility index (Phi) is 7.89. The summed E-state index contributed by atoms with van der Waals surface area (Å²) in [6.07, 6.45) is 1.71. The fourth-order valence-electron chi connectivity index (χ4n) is 2.60. The molecule has 0 fully saturated rings. The maximum Gasteiger partial charge on any atom is 0.387 e. The molecule has 0 saturated carbocycles. The van der Waals surface area contributed by atoms with Crippen LogP contribution in [-0.4, -0.2) is 33.0 Å². The van der Waals surface area contributed by atoms with Gasteiger partial charge in [0, 0.05) is 22.8 Å². The quantitative estimate of drug-likeness (QED) is 0.308. The molecule has 0 bridgehead atoms. The Bertz CT molecular complexity index is 1080.